The summed E-state index contributed by atoms with van der Waals surface area (Å²) >= 11 is 0. The third kappa shape index (κ3) is 4.49. The van der Waals surface area contributed by atoms with Crippen molar-refractivity contribution in [3.8, 4) is 0 Å². The molecule has 0 spiro atoms. The Morgan fingerprint density at radius 2 is 2.00 bits per heavy atom. The van der Waals surface area contributed by atoms with E-state index in [0.717, 1.165) is 19.3 Å². The highest BCUT2D eigenvalue weighted by Crippen LogP contribution is 2.04. The van der Waals surface area contributed by atoms with Gasteiger partial charge in [-0.3, -0.25) is 4.79 Å². The van der Waals surface area contributed by atoms with Crippen molar-refractivity contribution in [3.63, 3.8) is 0 Å². The van der Waals surface area contributed by atoms with Gasteiger partial charge in [0.1, 0.15) is 0 Å². The second-order valence-corrected chi connectivity index (χ2v) is 1.76. The monoisotopic (exact) mass is 168 g/mol. The molecule has 0 unspecified atom stereocenters. The molecule has 0 atom stereocenters. The minimum absolute atomic E-state index is 0. The van der Waals surface area contributed by atoms with Crippen LogP contribution in [0.5, 0.6) is 0 Å². The van der Waals surface area contributed by atoms with E-state index in [2.05, 4.69) is 0 Å². The Morgan fingerprint density at radius 1 is 1.33 bits per heavy atom. The predicted molar refractivity (Wildman–Crippen MR) is 42.5 cm³/mol. The summed E-state index contributed by atoms with van der Waals surface area (Å²) in [4.78, 5) is 10.4. The molecule has 0 saturated heterocycles. The molecule has 0 N–H and O–H groups in total. The van der Waals surface area contributed by atoms with Gasteiger partial charge in [-0.25, -0.2) is 0 Å². The Balaban J connectivity index is 0. The van der Waals surface area contributed by atoms with Gasteiger partial charge < -0.3 is 0 Å². The molecule has 1 aliphatic rings. The van der Waals surface area contributed by atoms with Crippen molar-refractivity contribution in [3.05, 3.63) is 12.2 Å². The minimum atomic E-state index is 0. The van der Waals surface area contributed by atoms with Crippen LogP contribution < -0.4 is 0 Å². The van der Waals surface area contributed by atoms with Gasteiger partial charge in [0.15, 0.2) is 5.78 Å². The van der Waals surface area contributed by atoms with Gasteiger partial charge in [0, 0.05) is 6.42 Å². The fourth-order valence-electron chi connectivity index (χ4n) is 0.692. The molecule has 9 heavy (non-hydrogen) atoms. The fraction of sp³-hybridized carbons (Fsp3) is 0.500. The summed E-state index contributed by atoms with van der Waals surface area (Å²) in [5.41, 5.74) is 0. The third-order valence-corrected chi connectivity index (χ3v) is 1.10. The first-order valence-corrected chi connectivity index (χ1v) is 2.59. The minimum Gasteiger partial charge on any atom is -0.295 e. The van der Waals surface area contributed by atoms with E-state index in [0.29, 0.717) is 0 Å². The second-order valence-electron chi connectivity index (χ2n) is 1.76. The molecule has 1 aliphatic carbocycles. The lowest BCUT2D eigenvalue weighted by molar-refractivity contribution is -0.114. The van der Waals surface area contributed by atoms with Crippen molar-refractivity contribution in [2.24, 2.45) is 0 Å². The maximum absolute atomic E-state index is 10.4. The Morgan fingerprint density at radius 3 is 2.22 bits per heavy atom. The topological polar surface area (TPSA) is 17.1 Å². The van der Waals surface area contributed by atoms with E-state index in [-0.39, 0.29) is 30.6 Å². The van der Waals surface area contributed by atoms with Gasteiger partial charge in [0.25, 0.3) is 0 Å². The number of halogens is 2. The molecule has 0 saturated carbocycles. The summed E-state index contributed by atoms with van der Waals surface area (Å²) in [7, 11) is 0. The summed E-state index contributed by atoms with van der Waals surface area (Å²) in [6.07, 6.45) is 6.51. The molecular weight excluding hydrogens is 159 g/mol. The van der Waals surface area contributed by atoms with Crippen LogP contribution in [-0.4, -0.2) is 5.78 Å². The molecular formula is C6H10Cl2O. The summed E-state index contributed by atoms with van der Waals surface area (Å²) in [5, 5.41) is 0. The lowest BCUT2D eigenvalue weighted by Gasteiger charge is -1.97. The Bertz CT molecular complexity index is 110. The van der Waals surface area contributed by atoms with Crippen LogP contribution >= 0.6 is 24.8 Å². The van der Waals surface area contributed by atoms with E-state index in [4.69, 9.17) is 0 Å². The fourth-order valence-corrected chi connectivity index (χ4v) is 0.692. The first-order valence-electron chi connectivity index (χ1n) is 2.59. The molecule has 1 rings (SSSR count). The average molecular weight is 169 g/mol. The van der Waals surface area contributed by atoms with Crippen LogP contribution in [0.3, 0.4) is 0 Å². The van der Waals surface area contributed by atoms with Crippen LogP contribution in [-0.2, 0) is 4.79 Å². The molecule has 3 heteroatoms. The van der Waals surface area contributed by atoms with Gasteiger partial charge in [0.2, 0.25) is 0 Å². The Kier molecular flexibility index (Phi) is 7.98. The van der Waals surface area contributed by atoms with Gasteiger partial charge in [0.05, 0.1) is 0 Å². The number of rotatable bonds is 0. The highest BCUT2D eigenvalue weighted by molar-refractivity contribution is 5.90. The second kappa shape index (κ2) is 6.12. The highest BCUT2D eigenvalue weighted by atomic mass is 35.5. The molecule has 0 bridgehead atoms. The zero-order valence-electron chi connectivity index (χ0n) is 5.00. The van der Waals surface area contributed by atoms with E-state index < -0.39 is 0 Å². The van der Waals surface area contributed by atoms with E-state index in [1.165, 1.54) is 0 Å². The molecule has 0 aromatic heterocycles. The number of ketones is 1. The van der Waals surface area contributed by atoms with E-state index in [1.54, 1.807) is 6.08 Å². The van der Waals surface area contributed by atoms with Crippen molar-refractivity contribution < 1.29 is 4.79 Å². The Labute approximate surface area is 67.3 Å². The maximum Gasteiger partial charge on any atom is 0.155 e. The molecule has 0 aromatic rings. The van der Waals surface area contributed by atoms with Crippen LogP contribution in [0.15, 0.2) is 12.2 Å². The maximum atomic E-state index is 10.4. The third-order valence-electron chi connectivity index (χ3n) is 1.10. The van der Waals surface area contributed by atoms with Gasteiger partial charge in [-0.05, 0) is 18.9 Å². The quantitative estimate of drug-likeness (QED) is 0.542. The smallest absolute Gasteiger partial charge is 0.155 e. The van der Waals surface area contributed by atoms with Crippen LogP contribution in [0, 0.1) is 0 Å². The van der Waals surface area contributed by atoms with Crippen LogP contribution in [0.1, 0.15) is 19.3 Å². The molecule has 0 aliphatic heterocycles. The highest BCUT2D eigenvalue weighted by Gasteiger charge is 1.98. The van der Waals surface area contributed by atoms with Gasteiger partial charge in [-0.2, -0.15) is 0 Å². The summed E-state index contributed by atoms with van der Waals surface area (Å²) in [5.74, 6) is 0.284. The van der Waals surface area contributed by atoms with E-state index in [9.17, 15) is 4.79 Å². The first kappa shape index (κ1) is 11.7. The number of hydrogen-bond donors (Lipinski definition) is 0. The molecule has 0 heterocycles. The summed E-state index contributed by atoms with van der Waals surface area (Å²) in [6, 6.07) is 0. The van der Waals surface area contributed by atoms with Crippen molar-refractivity contribution in [1.29, 1.82) is 0 Å². The molecule has 0 amide bonds. The summed E-state index contributed by atoms with van der Waals surface area (Å²) in [6.45, 7) is 0. The largest absolute Gasteiger partial charge is 0.295 e. The lowest BCUT2D eigenvalue weighted by atomic mass is 10.1. The number of hydrogen-bond acceptors (Lipinski definition) is 1. The SMILES string of the molecule is Cl.Cl.O=C1C=CCCC1. The van der Waals surface area contributed by atoms with E-state index >= 15 is 0 Å². The van der Waals surface area contributed by atoms with Crippen molar-refractivity contribution in [1.82, 2.24) is 0 Å². The van der Waals surface area contributed by atoms with Gasteiger partial charge in [-0.15, -0.1) is 24.8 Å². The van der Waals surface area contributed by atoms with Crippen LogP contribution in [0.25, 0.3) is 0 Å². The molecule has 0 radical (unpaired) electrons. The normalized spacial score (nSPS) is 15.8. The zero-order valence-corrected chi connectivity index (χ0v) is 6.63. The number of carbonyl (C=O) groups is 1. The first-order chi connectivity index (χ1) is 3.39. The van der Waals surface area contributed by atoms with Gasteiger partial charge >= 0.3 is 0 Å². The molecule has 1 nitrogen and oxygen atoms in total. The number of allylic oxidation sites excluding steroid dienone is 2. The van der Waals surface area contributed by atoms with Crippen LogP contribution in [0.2, 0.25) is 0 Å². The summed E-state index contributed by atoms with van der Waals surface area (Å²) < 4.78 is 0. The number of carbonyl (C=O) groups excluding carboxylic acids is 1. The Hall–Kier alpha value is -0.0100. The van der Waals surface area contributed by atoms with Crippen molar-refractivity contribution in [2.45, 2.75) is 19.3 Å². The van der Waals surface area contributed by atoms with E-state index in [1.807, 2.05) is 6.08 Å². The lowest BCUT2D eigenvalue weighted by Crippen LogP contribution is -1.95. The van der Waals surface area contributed by atoms with Crippen molar-refractivity contribution in [2.75, 3.05) is 0 Å². The predicted octanol–water partition coefficient (Wildman–Crippen LogP) is 2.14. The van der Waals surface area contributed by atoms with Gasteiger partial charge in [-0.1, -0.05) is 6.08 Å². The molecule has 0 fully saturated rings. The molecule has 54 valence electrons. The average Bonchev–Trinajstić information content (AvgIpc) is 1.69. The standard InChI is InChI=1S/C6H8O.2ClH/c7-6-4-2-1-3-5-6;;/h2,4H,1,3,5H2;2*1H. The zero-order chi connectivity index (χ0) is 5.11. The van der Waals surface area contributed by atoms with Crippen LogP contribution in [0.4, 0.5) is 0 Å². The molecule has 0 aromatic carbocycles. The van der Waals surface area contributed by atoms with Crippen molar-refractivity contribution >= 4 is 30.6 Å².